The number of nitro groups is 1. The van der Waals surface area contributed by atoms with Crippen LogP contribution in [0.5, 0.6) is 0 Å². The molecule has 2 aromatic carbocycles. The highest BCUT2D eigenvalue weighted by atomic mass is 32.1. The van der Waals surface area contributed by atoms with Gasteiger partial charge in [0.1, 0.15) is 0 Å². The molecule has 0 spiro atoms. The van der Waals surface area contributed by atoms with Crippen molar-refractivity contribution in [1.29, 1.82) is 0 Å². The summed E-state index contributed by atoms with van der Waals surface area (Å²) in [6, 6.07) is 11.9. The number of carbonyl (C=O) groups excluding carboxylic acids is 2. The van der Waals surface area contributed by atoms with Crippen molar-refractivity contribution >= 4 is 40.6 Å². The van der Waals surface area contributed by atoms with E-state index < -0.39 is 22.8 Å². The number of nitrogens with one attached hydrogen (secondary N) is 2. The van der Waals surface area contributed by atoms with Gasteiger partial charge in [-0.05, 0) is 49.8 Å². The summed E-state index contributed by atoms with van der Waals surface area (Å²) >= 11 is 5.39. The Bertz CT molecular complexity index is 1130. The zero-order valence-corrected chi connectivity index (χ0v) is 18.6. The first-order chi connectivity index (χ1) is 15.2. The maximum Gasteiger partial charge on any atom is 0.338 e. The standard InChI is InChI=1S/C22H22N4O5S/c1-4-31-21(28)18-13(2)25(3)22(32)24-19(18)14-7-5-9-16(11-14)23-20(27)15-8-6-10-17(12-15)26(29)30/h5-12,19H,4H2,1-3H3,(H,23,27)(H,24,32)/t19-/m1/s1. The van der Waals surface area contributed by atoms with Crippen molar-refractivity contribution < 1.29 is 19.2 Å². The van der Waals surface area contributed by atoms with Gasteiger partial charge >= 0.3 is 5.97 Å². The van der Waals surface area contributed by atoms with Crippen molar-refractivity contribution in [3.05, 3.63) is 81.0 Å². The second-order valence-electron chi connectivity index (χ2n) is 7.05. The molecule has 1 amide bonds. The van der Waals surface area contributed by atoms with Gasteiger partial charge in [-0.25, -0.2) is 4.79 Å². The Labute approximate surface area is 190 Å². The fourth-order valence-electron chi connectivity index (χ4n) is 3.32. The van der Waals surface area contributed by atoms with Gasteiger partial charge in [0.2, 0.25) is 0 Å². The van der Waals surface area contributed by atoms with E-state index in [9.17, 15) is 19.7 Å². The molecule has 32 heavy (non-hydrogen) atoms. The molecule has 10 heteroatoms. The minimum absolute atomic E-state index is 0.158. The molecule has 0 aromatic heterocycles. The van der Waals surface area contributed by atoms with Crippen molar-refractivity contribution in [2.75, 3.05) is 19.0 Å². The van der Waals surface area contributed by atoms with Crippen LogP contribution in [0.4, 0.5) is 11.4 Å². The van der Waals surface area contributed by atoms with Crippen molar-refractivity contribution in [3.63, 3.8) is 0 Å². The van der Waals surface area contributed by atoms with Crippen LogP contribution in [0, 0.1) is 10.1 Å². The number of hydrogen-bond donors (Lipinski definition) is 2. The highest BCUT2D eigenvalue weighted by Crippen LogP contribution is 2.32. The zero-order chi connectivity index (χ0) is 23.4. The zero-order valence-electron chi connectivity index (χ0n) is 17.7. The molecule has 2 aromatic rings. The van der Waals surface area contributed by atoms with E-state index in [0.717, 1.165) is 0 Å². The molecule has 3 rings (SSSR count). The molecular formula is C22H22N4O5S. The number of nitrogens with zero attached hydrogens (tertiary/aromatic N) is 2. The SMILES string of the molecule is CCOC(=O)C1=C(C)N(C)C(=S)N[C@@H]1c1cccc(NC(=O)c2cccc([N+](=O)[O-])c2)c1. The van der Waals surface area contributed by atoms with Gasteiger partial charge in [0.05, 0.1) is 23.1 Å². The van der Waals surface area contributed by atoms with Gasteiger partial charge in [-0.3, -0.25) is 14.9 Å². The van der Waals surface area contributed by atoms with E-state index in [2.05, 4.69) is 10.6 Å². The summed E-state index contributed by atoms with van der Waals surface area (Å²) in [6.07, 6.45) is 0. The normalized spacial score (nSPS) is 15.8. The third-order valence-electron chi connectivity index (χ3n) is 5.05. The molecule has 0 saturated heterocycles. The molecular weight excluding hydrogens is 432 g/mol. The lowest BCUT2D eigenvalue weighted by Gasteiger charge is -2.35. The number of allylic oxidation sites excluding steroid dienone is 1. The second kappa shape index (κ2) is 9.56. The van der Waals surface area contributed by atoms with Crippen LogP contribution in [-0.2, 0) is 9.53 Å². The highest BCUT2D eigenvalue weighted by Gasteiger charge is 2.33. The van der Waals surface area contributed by atoms with Gasteiger partial charge in [-0.2, -0.15) is 0 Å². The first-order valence-electron chi connectivity index (χ1n) is 9.80. The summed E-state index contributed by atoms with van der Waals surface area (Å²) in [5.74, 6) is -0.946. The van der Waals surface area contributed by atoms with Crippen LogP contribution in [0.25, 0.3) is 0 Å². The number of thiocarbonyl (C=S) groups is 1. The number of esters is 1. The van der Waals surface area contributed by atoms with E-state index in [-0.39, 0.29) is 17.9 Å². The number of carbonyl (C=O) groups is 2. The van der Waals surface area contributed by atoms with Crippen LogP contribution >= 0.6 is 12.2 Å². The average Bonchev–Trinajstić information content (AvgIpc) is 2.77. The number of ether oxygens (including phenoxy) is 1. The Hall–Kier alpha value is -3.79. The van der Waals surface area contributed by atoms with Gasteiger partial charge in [0, 0.05) is 36.1 Å². The van der Waals surface area contributed by atoms with Crippen molar-refractivity contribution in [1.82, 2.24) is 10.2 Å². The Balaban J connectivity index is 1.91. The first-order valence-corrected chi connectivity index (χ1v) is 10.2. The summed E-state index contributed by atoms with van der Waals surface area (Å²) in [5.41, 5.74) is 2.24. The van der Waals surface area contributed by atoms with Gasteiger partial charge in [-0.15, -0.1) is 0 Å². The number of anilines is 1. The third kappa shape index (κ3) is 4.75. The van der Waals surface area contributed by atoms with Gasteiger partial charge < -0.3 is 20.3 Å². The number of rotatable bonds is 6. The maximum absolute atomic E-state index is 12.7. The molecule has 1 heterocycles. The molecule has 0 unspecified atom stereocenters. The van der Waals surface area contributed by atoms with Crippen LogP contribution < -0.4 is 10.6 Å². The van der Waals surface area contributed by atoms with E-state index in [1.54, 1.807) is 50.1 Å². The monoisotopic (exact) mass is 454 g/mol. The third-order valence-corrected chi connectivity index (χ3v) is 5.44. The predicted octanol–water partition coefficient (Wildman–Crippen LogP) is 3.55. The average molecular weight is 455 g/mol. The largest absolute Gasteiger partial charge is 0.463 e. The number of benzene rings is 2. The lowest BCUT2D eigenvalue weighted by molar-refractivity contribution is -0.384. The molecule has 0 radical (unpaired) electrons. The Morgan fingerprint density at radius 1 is 1.25 bits per heavy atom. The smallest absolute Gasteiger partial charge is 0.338 e. The van der Waals surface area contributed by atoms with Gasteiger partial charge in [-0.1, -0.05) is 18.2 Å². The molecule has 9 nitrogen and oxygen atoms in total. The predicted molar refractivity (Wildman–Crippen MR) is 123 cm³/mol. The summed E-state index contributed by atoms with van der Waals surface area (Å²) < 4.78 is 5.24. The van der Waals surface area contributed by atoms with E-state index in [0.29, 0.717) is 27.6 Å². The molecule has 0 fully saturated rings. The van der Waals surface area contributed by atoms with Gasteiger partial charge in [0.25, 0.3) is 11.6 Å². The second-order valence-corrected chi connectivity index (χ2v) is 7.43. The molecule has 0 bridgehead atoms. The van der Waals surface area contributed by atoms with E-state index in [4.69, 9.17) is 17.0 Å². The lowest BCUT2D eigenvalue weighted by atomic mass is 9.95. The molecule has 2 N–H and O–H groups in total. The minimum atomic E-state index is -0.563. The summed E-state index contributed by atoms with van der Waals surface area (Å²) in [6.45, 7) is 3.76. The topological polar surface area (TPSA) is 114 Å². The first kappa shape index (κ1) is 22.9. The number of amides is 1. The Morgan fingerprint density at radius 2 is 1.97 bits per heavy atom. The van der Waals surface area contributed by atoms with Crippen LogP contribution in [-0.4, -0.2) is 40.5 Å². The molecule has 0 aliphatic carbocycles. The lowest BCUT2D eigenvalue weighted by Crippen LogP contribution is -2.46. The highest BCUT2D eigenvalue weighted by molar-refractivity contribution is 7.80. The Kier molecular flexibility index (Phi) is 6.84. The minimum Gasteiger partial charge on any atom is -0.463 e. The van der Waals surface area contributed by atoms with Crippen LogP contribution in [0.1, 0.15) is 35.8 Å². The number of nitro benzene ring substituents is 1. The Morgan fingerprint density at radius 3 is 2.66 bits per heavy atom. The quantitative estimate of drug-likeness (QED) is 0.295. The summed E-state index contributed by atoms with van der Waals surface area (Å²) in [5, 5.41) is 17.3. The maximum atomic E-state index is 12.7. The molecule has 1 aliphatic heterocycles. The van der Waals surface area contributed by atoms with Crippen molar-refractivity contribution in [2.45, 2.75) is 19.9 Å². The van der Waals surface area contributed by atoms with E-state index >= 15 is 0 Å². The fraction of sp³-hybridized carbons (Fsp3) is 0.227. The molecule has 0 saturated carbocycles. The summed E-state index contributed by atoms with van der Waals surface area (Å²) in [4.78, 5) is 37.4. The van der Waals surface area contributed by atoms with Crippen LogP contribution in [0.15, 0.2) is 59.8 Å². The van der Waals surface area contributed by atoms with Crippen LogP contribution in [0.2, 0.25) is 0 Å². The molecule has 1 atom stereocenters. The van der Waals surface area contributed by atoms with Crippen molar-refractivity contribution in [3.8, 4) is 0 Å². The summed E-state index contributed by atoms with van der Waals surface area (Å²) in [7, 11) is 1.76. The molecule has 1 aliphatic rings. The molecule has 166 valence electrons. The van der Waals surface area contributed by atoms with Crippen molar-refractivity contribution in [2.24, 2.45) is 0 Å². The number of hydrogen-bond acceptors (Lipinski definition) is 6. The number of non-ortho nitro benzene ring substituents is 1. The van der Waals surface area contributed by atoms with Crippen LogP contribution in [0.3, 0.4) is 0 Å². The fourth-order valence-corrected chi connectivity index (χ4v) is 3.57. The van der Waals surface area contributed by atoms with E-state index in [1.165, 1.54) is 24.3 Å². The van der Waals surface area contributed by atoms with E-state index in [1.807, 2.05) is 0 Å². The van der Waals surface area contributed by atoms with Gasteiger partial charge in [0.15, 0.2) is 5.11 Å².